The SMILES string of the molecule is ClCCC1CCCN(CC2CCCO2)C1. The van der Waals surface area contributed by atoms with E-state index in [4.69, 9.17) is 16.3 Å². The molecule has 0 N–H and O–H groups in total. The molecular weight excluding hydrogens is 210 g/mol. The van der Waals surface area contributed by atoms with Crippen molar-refractivity contribution in [3.63, 3.8) is 0 Å². The minimum absolute atomic E-state index is 0.514. The van der Waals surface area contributed by atoms with Gasteiger partial charge in [0.15, 0.2) is 0 Å². The third kappa shape index (κ3) is 3.61. The van der Waals surface area contributed by atoms with E-state index < -0.39 is 0 Å². The first-order valence-electron chi connectivity index (χ1n) is 6.28. The van der Waals surface area contributed by atoms with Crippen molar-refractivity contribution < 1.29 is 4.74 Å². The summed E-state index contributed by atoms with van der Waals surface area (Å²) in [5.41, 5.74) is 0. The second-order valence-electron chi connectivity index (χ2n) is 4.88. The van der Waals surface area contributed by atoms with Gasteiger partial charge in [0, 0.05) is 25.6 Å². The van der Waals surface area contributed by atoms with Crippen LogP contribution in [0, 0.1) is 5.92 Å². The molecule has 2 saturated heterocycles. The van der Waals surface area contributed by atoms with Crippen LogP contribution >= 0.6 is 11.6 Å². The summed E-state index contributed by atoms with van der Waals surface area (Å²) in [7, 11) is 0. The number of ether oxygens (including phenoxy) is 1. The van der Waals surface area contributed by atoms with Crippen molar-refractivity contribution in [1.82, 2.24) is 4.90 Å². The normalized spacial score (nSPS) is 33.4. The Morgan fingerprint density at radius 2 is 2.20 bits per heavy atom. The number of likely N-dealkylation sites (tertiary alicyclic amines) is 1. The van der Waals surface area contributed by atoms with E-state index in [1.807, 2.05) is 0 Å². The quantitative estimate of drug-likeness (QED) is 0.690. The van der Waals surface area contributed by atoms with E-state index in [0.717, 1.165) is 24.9 Å². The van der Waals surface area contributed by atoms with Crippen LogP contribution in [0.1, 0.15) is 32.1 Å². The molecule has 2 unspecified atom stereocenters. The van der Waals surface area contributed by atoms with Gasteiger partial charge in [-0.3, -0.25) is 0 Å². The summed E-state index contributed by atoms with van der Waals surface area (Å²) < 4.78 is 5.68. The zero-order valence-electron chi connectivity index (χ0n) is 9.46. The van der Waals surface area contributed by atoms with Crippen molar-refractivity contribution in [3.05, 3.63) is 0 Å². The summed E-state index contributed by atoms with van der Waals surface area (Å²) in [6, 6.07) is 0. The van der Waals surface area contributed by atoms with Gasteiger partial charge >= 0.3 is 0 Å². The van der Waals surface area contributed by atoms with E-state index >= 15 is 0 Å². The fourth-order valence-electron chi connectivity index (χ4n) is 2.78. The molecule has 2 heterocycles. The molecule has 0 aromatic carbocycles. The smallest absolute Gasteiger partial charge is 0.0702 e. The summed E-state index contributed by atoms with van der Waals surface area (Å²) in [6.07, 6.45) is 6.92. The number of hydrogen-bond donors (Lipinski definition) is 0. The summed E-state index contributed by atoms with van der Waals surface area (Å²) in [5.74, 6) is 1.65. The highest BCUT2D eigenvalue weighted by molar-refractivity contribution is 6.17. The monoisotopic (exact) mass is 231 g/mol. The van der Waals surface area contributed by atoms with Crippen molar-refractivity contribution in [3.8, 4) is 0 Å². The molecule has 2 rings (SSSR count). The summed E-state index contributed by atoms with van der Waals surface area (Å²) in [6.45, 7) is 4.63. The van der Waals surface area contributed by atoms with Crippen molar-refractivity contribution in [2.75, 3.05) is 32.1 Å². The third-order valence-electron chi connectivity index (χ3n) is 3.61. The summed E-state index contributed by atoms with van der Waals surface area (Å²) in [4.78, 5) is 2.58. The molecule has 0 spiro atoms. The minimum Gasteiger partial charge on any atom is -0.377 e. The van der Waals surface area contributed by atoms with Gasteiger partial charge in [-0.25, -0.2) is 0 Å². The van der Waals surface area contributed by atoms with Crippen LogP contribution in [0.5, 0.6) is 0 Å². The average Bonchev–Trinajstić information content (AvgIpc) is 2.71. The molecular formula is C12H22ClNO. The van der Waals surface area contributed by atoms with Crippen molar-refractivity contribution in [2.45, 2.75) is 38.2 Å². The van der Waals surface area contributed by atoms with Crippen molar-refractivity contribution in [1.29, 1.82) is 0 Å². The number of piperidine rings is 1. The number of hydrogen-bond acceptors (Lipinski definition) is 2. The first kappa shape index (κ1) is 11.7. The molecule has 0 saturated carbocycles. The molecule has 0 radical (unpaired) electrons. The molecule has 2 nitrogen and oxygen atoms in total. The molecule has 0 aromatic rings. The largest absolute Gasteiger partial charge is 0.377 e. The first-order chi connectivity index (χ1) is 7.38. The van der Waals surface area contributed by atoms with Gasteiger partial charge in [-0.05, 0) is 44.6 Å². The van der Waals surface area contributed by atoms with E-state index in [9.17, 15) is 0 Å². The Bertz CT molecular complexity index is 180. The molecule has 15 heavy (non-hydrogen) atoms. The maximum absolute atomic E-state index is 5.81. The maximum Gasteiger partial charge on any atom is 0.0702 e. The Morgan fingerprint density at radius 3 is 2.93 bits per heavy atom. The van der Waals surface area contributed by atoms with Gasteiger partial charge in [-0.2, -0.15) is 0 Å². The zero-order chi connectivity index (χ0) is 10.5. The van der Waals surface area contributed by atoms with Crippen LogP contribution < -0.4 is 0 Å². The molecule has 2 fully saturated rings. The molecule has 0 amide bonds. The van der Waals surface area contributed by atoms with E-state index in [1.165, 1.54) is 45.2 Å². The zero-order valence-corrected chi connectivity index (χ0v) is 10.2. The minimum atomic E-state index is 0.514. The predicted molar refractivity (Wildman–Crippen MR) is 63.5 cm³/mol. The number of alkyl halides is 1. The second kappa shape index (κ2) is 6.07. The van der Waals surface area contributed by atoms with Crippen LogP contribution in [0.25, 0.3) is 0 Å². The average molecular weight is 232 g/mol. The molecule has 3 heteroatoms. The summed E-state index contributed by atoms with van der Waals surface area (Å²) in [5, 5.41) is 0. The fourth-order valence-corrected chi connectivity index (χ4v) is 3.09. The van der Waals surface area contributed by atoms with Gasteiger partial charge in [0.1, 0.15) is 0 Å². The van der Waals surface area contributed by atoms with Crippen LogP contribution in [0.4, 0.5) is 0 Å². The van der Waals surface area contributed by atoms with E-state index in [1.54, 1.807) is 0 Å². The van der Waals surface area contributed by atoms with Crippen LogP contribution in [0.15, 0.2) is 0 Å². The lowest BCUT2D eigenvalue weighted by molar-refractivity contribution is 0.0563. The van der Waals surface area contributed by atoms with E-state index in [0.29, 0.717) is 6.10 Å². The Kier molecular flexibility index (Phi) is 4.73. The lowest BCUT2D eigenvalue weighted by Gasteiger charge is -2.33. The maximum atomic E-state index is 5.81. The molecule has 88 valence electrons. The molecule has 0 aromatic heterocycles. The second-order valence-corrected chi connectivity index (χ2v) is 5.26. The number of halogens is 1. The molecule has 2 aliphatic heterocycles. The number of nitrogens with zero attached hydrogens (tertiary/aromatic N) is 1. The van der Waals surface area contributed by atoms with E-state index in [2.05, 4.69) is 4.90 Å². The van der Waals surface area contributed by atoms with Crippen LogP contribution in [0.3, 0.4) is 0 Å². The van der Waals surface area contributed by atoms with Crippen LogP contribution in [-0.4, -0.2) is 43.1 Å². The lowest BCUT2D eigenvalue weighted by atomic mass is 9.95. The van der Waals surface area contributed by atoms with Gasteiger partial charge in [-0.15, -0.1) is 11.6 Å². The highest BCUT2D eigenvalue weighted by Gasteiger charge is 2.23. The molecule has 2 aliphatic rings. The van der Waals surface area contributed by atoms with Crippen molar-refractivity contribution >= 4 is 11.6 Å². The Labute approximate surface area is 97.9 Å². The summed E-state index contributed by atoms with van der Waals surface area (Å²) >= 11 is 5.81. The first-order valence-corrected chi connectivity index (χ1v) is 6.82. The van der Waals surface area contributed by atoms with Gasteiger partial charge in [0.25, 0.3) is 0 Å². The lowest BCUT2D eigenvalue weighted by Crippen LogP contribution is -2.40. The third-order valence-corrected chi connectivity index (χ3v) is 3.82. The van der Waals surface area contributed by atoms with Crippen LogP contribution in [0.2, 0.25) is 0 Å². The van der Waals surface area contributed by atoms with Gasteiger partial charge in [0.05, 0.1) is 6.10 Å². The Morgan fingerprint density at radius 1 is 1.27 bits per heavy atom. The van der Waals surface area contributed by atoms with Crippen molar-refractivity contribution in [2.24, 2.45) is 5.92 Å². The Hall–Kier alpha value is 0.210. The fraction of sp³-hybridized carbons (Fsp3) is 1.00. The van der Waals surface area contributed by atoms with E-state index in [-0.39, 0.29) is 0 Å². The molecule has 0 bridgehead atoms. The topological polar surface area (TPSA) is 12.5 Å². The highest BCUT2D eigenvalue weighted by Crippen LogP contribution is 2.22. The van der Waals surface area contributed by atoms with Gasteiger partial charge in [0.2, 0.25) is 0 Å². The van der Waals surface area contributed by atoms with Gasteiger partial charge in [-0.1, -0.05) is 0 Å². The predicted octanol–water partition coefficient (Wildman–Crippen LogP) is 2.51. The molecule has 2 atom stereocenters. The van der Waals surface area contributed by atoms with Crippen LogP contribution in [-0.2, 0) is 4.74 Å². The highest BCUT2D eigenvalue weighted by atomic mass is 35.5. The Balaban J connectivity index is 1.71. The standard InChI is InChI=1S/C12H22ClNO/c13-6-5-11-3-1-7-14(9-11)10-12-4-2-8-15-12/h11-12H,1-10H2. The molecule has 0 aliphatic carbocycles. The van der Waals surface area contributed by atoms with Gasteiger partial charge < -0.3 is 9.64 Å². The number of rotatable bonds is 4.